The molecule has 0 spiro atoms. The van der Waals surface area contributed by atoms with Gasteiger partial charge in [-0.15, -0.1) is 0 Å². The second-order valence-corrected chi connectivity index (χ2v) is 1.59. The molecule has 1 saturated heterocycles. The van der Waals surface area contributed by atoms with Crippen LogP contribution in [0.3, 0.4) is 0 Å². The van der Waals surface area contributed by atoms with Gasteiger partial charge in [-0.05, 0) is 0 Å². The lowest BCUT2D eigenvalue weighted by Gasteiger charge is -1.80. The molecule has 0 radical (unpaired) electrons. The van der Waals surface area contributed by atoms with E-state index in [1.807, 2.05) is 0 Å². The minimum absolute atomic E-state index is 0.241. The Morgan fingerprint density at radius 3 is 2.62 bits per heavy atom. The van der Waals surface area contributed by atoms with E-state index in [0.717, 1.165) is 0 Å². The smallest absolute Gasteiger partial charge is 0.258 e. The van der Waals surface area contributed by atoms with Crippen LogP contribution in [0.2, 0.25) is 0 Å². The predicted octanol–water partition coefficient (Wildman–Crippen LogP) is -0.736. The molecule has 1 N–H and O–H groups in total. The summed E-state index contributed by atoms with van der Waals surface area (Å²) in [5.74, 6) is 1.30. The Hall–Kier alpha value is -1.08. The van der Waals surface area contributed by atoms with E-state index < -0.39 is 0 Å². The van der Waals surface area contributed by atoms with Gasteiger partial charge in [0.2, 0.25) is 0 Å². The van der Waals surface area contributed by atoms with Crippen molar-refractivity contribution in [2.45, 2.75) is 6.42 Å². The van der Waals surface area contributed by atoms with Crippen molar-refractivity contribution < 1.29 is 9.59 Å². The third-order valence-electron chi connectivity index (χ3n) is 1.06. The Morgan fingerprint density at radius 2 is 2.38 bits per heavy atom. The van der Waals surface area contributed by atoms with Gasteiger partial charge in [0.1, 0.15) is 11.5 Å². The highest BCUT2D eigenvalue weighted by Gasteiger charge is 2.15. The Bertz CT molecular complexity index is 167. The number of hydrogen-bond acceptors (Lipinski definition) is 2. The summed E-state index contributed by atoms with van der Waals surface area (Å²) in [4.78, 5) is 20.2. The minimum atomic E-state index is -0.264. The predicted molar refractivity (Wildman–Crippen MR) is 26.8 cm³/mol. The summed E-state index contributed by atoms with van der Waals surface area (Å²) in [5, 5.41) is 2.48. The Labute approximate surface area is 46.4 Å². The topological polar surface area (TPSA) is 46.2 Å². The molecule has 0 aliphatic carbocycles. The molecule has 0 bridgehead atoms. The number of carbonyl (C=O) groups excluding carboxylic acids is 2. The molecule has 8 heavy (non-hydrogen) atoms. The van der Waals surface area contributed by atoms with Crippen LogP contribution >= 0.6 is 0 Å². The van der Waals surface area contributed by atoms with E-state index in [2.05, 4.69) is 5.32 Å². The van der Waals surface area contributed by atoms with Crippen LogP contribution in [0.1, 0.15) is 6.42 Å². The molecule has 0 aromatic carbocycles. The third kappa shape index (κ3) is 0.634. The Balaban J connectivity index is 2.84. The van der Waals surface area contributed by atoms with E-state index in [4.69, 9.17) is 0 Å². The van der Waals surface area contributed by atoms with Crippen molar-refractivity contribution in [1.82, 2.24) is 5.32 Å². The maximum Gasteiger partial charge on any atom is 0.258 e. The van der Waals surface area contributed by atoms with Crippen LogP contribution in [0.5, 0.6) is 0 Å². The SMILES string of the molecule is O=C=C1CCNC1=O. The lowest BCUT2D eigenvalue weighted by molar-refractivity contribution is -0.116. The normalized spacial score (nSPS) is 18.0. The highest BCUT2D eigenvalue weighted by molar-refractivity contribution is 6.02. The van der Waals surface area contributed by atoms with Crippen molar-refractivity contribution in [2.24, 2.45) is 0 Å². The molecule has 0 unspecified atom stereocenters. The van der Waals surface area contributed by atoms with E-state index in [1.165, 1.54) is 0 Å². The number of carbonyl (C=O) groups is 1. The van der Waals surface area contributed by atoms with Crippen LogP contribution in [0, 0.1) is 0 Å². The summed E-state index contributed by atoms with van der Waals surface area (Å²) in [7, 11) is 0. The first-order valence-corrected chi connectivity index (χ1v) is 2.37. The second kappa shape index (κ2) is 1.80. The zero-order valence-electron chi connectivity index (χ0n) is 4.23. The van der Waals surface area contributed by atoms with Crippen LogP contribution in [-0.2, 0) is 9.59 Å². The summed E-state index contributed by atoms with van der Waals surface area (Å²) in [5.41, 5.74) is 0.241. The summed E-state index contributed by atoms with van der Waals surface area (Å²) < 4.78 is 0. The summed E-state index contributed by atoms with van der Waals surface area (Å²) in [6.45, 7) is 0.587. The standard InChI is InChI=1S/C5H5NO2/c7-3-4-1-2-6-5(4)8/h1-2H2,(H,6,8). The first kappa shape index (κ1) is 5.06. The molecular weight excluding hydrogens is 106 g/mol. The van der Waals surface area contributed by atoms with E-state index >= 15 is 0 Å². The van der Waals surface area contributed by atoms with Gasteiger partial charge in [-0.25, -0.2) is 4.79 Å². The highest BCUT2D eigenvalue weighted by atomic mass is 16.2. The fourth-order valence-corrected chi connectivity index (χ4v) is 0.619. The van der Waals surface area contributed by atoms with Gasteiger partial charge < -0.3 is 5.32 Å². The summed E-state index contributed by atoms with van der Waals surface area (Å²) in [6, 6.07) is 0. The lowest BCUT2D eigenvalue weighted by Crippen LogP contribution is -2.14. The molecular formula is C5H5NO2. The molecule has 3 nitrogen and oxygen atoms in total. The van der Waals surface area contributed by atoms with Crippen molar-refractivity contribution in [3.63, 3.8) is 0 Å². The average Bonchev–Trinajstić information content (AvgIpc) is 2.14. The maximum absolute atomic E-state index is 10.4. The third-order valence-corrected chi connectivity index (χ3v) is 1.06. The van der Waals surface area contributed by atoms with Crippen LogP contribution in [0.25, 0.3) is 0 Å². The second-order valence-electron chi connectivity index (χ2n) is 1.59. The lowest BCUT2D eigenvalue weighted by atomic mass is 10.3. The van der Waals surface area contributed by atoms with Crippen molar-refractivity contribution >= 4 is 11.8 Å². The van der Waals surface area contributed by atoms with Gasteiger partial charge in [-0.1, -0.05) is 0 Å². The van der Waals surface area contributed by atoms with Gasteiger partial charge in [0, 0.05) is 13.0 Å². The largest absolute Gasteiger partial charge is 0.351 e. The molecule has 1 amide bonds. The fourth-order valence-electron chi connectivity index (χ4n) is 0.619. The summed E-state index contributed by atoms with van der Waals surface area (Å²) in [6.07, 6.45) is 0.530. The molecule has 1 heterocycles. The Kier molecular flexibility index (Phi) is 1.14. The monoisotopic (exact) mass is 111 g/mol. The number of hydrogen-bond donors (Lipinski definition) is 1. The van der Waals surface area contributed by atoms with Crippen molar-refractivity contribution in [2.75, 3.05) is 6.54 Å². The van der Waals surface area contributed by atoms with Crippen LogP contribution in [-0.4, -0.2) is 18.4 Å². The Morgan fingerprint density at radius 1 is 1.62 bits per heavy atom. The van der Waals surface area contributed by atoms with Crippen molar-refractivity contribution in [3.8, 4) is 0 Å². The van der Waals surface area contributed by atoms with Gasteiger partial charge in [0.15, 0.2) is 0 Å². The highest BCUT2D eigenvalue weighted by Crippen LogP contribution is 2.01. The zero-order chi connectivity index (χ0) is 5.98. The van der Waals surface area contributed by atoms with Crippen molar-refractivity contribution in [3.05, 3.63) is 5.57 Å². The van der Waals surface area contributed by atoms with Gasteiger partial charge in [0.05, 0.1) is 0 Å². The van der Waals surface area contributed by atoms with Crippen LogP contribution < -0.4 is 5.32 Å². The average molecular weight is 111 g/mol. The van der Waals surface area contributed by atoms with Gasteiger partial charge in [0.25, 0.3) is 5.91 Å². The molecule has 42 valence electrons. The maximum atomic E-state index is 10.4. The van der Waals surface area contributed by atoms with E-state index in [1.54, 1.807) is 5.94 Å². The molecule has 1 fully saturated rings. The molecule has 0 saturated carbocycles. The van der Waals surface area contributed by atoms with Gasteiger partial charge in [-0.2, -0.15) is 0 Å². The van der Waals surface area contributed by atoms with Crippen LogP contribution in [0.4, 0.5) is 0 Å². The van der Waals surface area contributed by atoms with Gasteiger partial charge in [-0.3, -0.25) is 4.79 Å². The van der Waals surface area contributed by atoms with Crippen molar-refractivity contribution in [1.29, 1.82) is 0 Å². The number of amides is 1. The zero-order valence-corrected chi connectivity index (χ0v) is 4.23. The summed E-state index contributed by atoms with van der Waals surface area (Å²) >= 11 is 0. The molecule has 1 aliphatic rings. The number of rotatable bonds is 0. The van der Waals surface area contributed by atoms with E-state index in [0.29, 0.717) is 13.0 Å². The number of nitrogens with one attached hydrogen (secondary N) is 1. The molecule has 0 aromatic heterocycles. The molecule has 1 aliphatic heterocycles. The quantitative estimate of drug-likeness (QED) is 0.330. The minimum Gasteiger partial charge on any atom is -0.351 e. The molecule has 0 atom stereocenters. The van der Waals surface area contributed by atoms with Gasteiger partial charge >= 0.3 is 0 Å². The fraction of sp³-hybridized carbons (Fsp3) is 0.400. The first-order valence-electron chi connectivity index (χ1n) is 2.37. The first-order chi connectivity index (χ1) is 3.84. The van der Waals surface area contributed by atoms with E-state index in [9.17, 15) is 9.59 Å². The molecule has 0 aromatic rings. The van der Waals surface area contributed by atoms with Crippen LogP contribution in [0.15, 0.2) is 5.57 Å². The van der Waals surface area contributed by atoms with E-state index in [-0.39, 0.29) is 11.5 Å². The molecule has 3 heteroatoms. The molecule has 1 rings (SSSR count).